The highest BCUT2D eigenvalue weighted by Gasteiger charge is 2.36. The van der Waals surface area contributed by atoms with Crippen molar-refractivity contribution in [1.82, 2.24) is 15.3 Å². The average Bonchev–Trinajstić information content (AvgIpc) is 3.23. The van der Waals surface area contributed by atoms with Gasteiger partial charge in [0.05, 0.1) is 10.6 Å². The summed E-state index contributed by atoms with van der Waals surface area (Å²) in [6.07, 6.45) is 8.45. The van der Waals surface area contributed by atoms with Crippen LogP contribution in [0.2, 0.25) is 0 Å². The lowest BCUT2D eigenvalue weighted by Gasteiger charge is -2.27. The zero-order valence-electron chi connectivity index (χ0n) is 11.8. The molecule has 1 aromatic rings. The molecule has 1 atom stereocenters. The highest BCUT2D eigenvalue weighted by Crippen LogP contribution is 2.25. The van der Waals surface area contributed by atoms with Gasteiger partial charge in [0, 0.05) is 12.2 Å². The second-order valence-corrected chi connectivity index (χ2v) is 6.58. The van der Waals surface area contributed by atoms with E-state index in [1.807, 2.05) is 13.0 Å². The lowest BCUT2D eigenvalue weighted by Crippen LogP contribution is -2.53. The van der Waals surface area contributed by atoms with Crippen molar-refractivity contribution in [3.8, 4) is 0 Å². The van der Waals surface area contributed by atoms with Crippen LogP contribution in [0.1, 0.15) is 39.0 Å². The Morgan fingerprint density at radius 3 is 2.95 bits per heavy atom. The van der Waals surface area contributed by atoms with E-state index in [-0.39, 0.29) is 5.91 Å². The first kappa shape index (κ1) is 15.3. The minimum atomic E-state index is -0.555. The summed E-state index contributed by atoms with van der Waals surface area (Å²) in [7, 11) is 0. The Hall–Kier alpha value is -1.14. The van der Waals surface area contributed by atoms with E-state index < -0.39 is 5.54 Å². The lowest BCUT2D eigenvalue weighted by atomic mass is 9.94. The molecule has 0 aromatic carbocycles. The number of unbranched alkanes of at least 4 members (excludes halogenated alkanes) is 1. The molecule has 110 valence electrons. The van der Waals surface area contributed by atoms with Crippen LogP contribution in [0.15, 0.2) is 23.6 Å². The molecular weight excluding hydrogens is 272 g/mol. The van der Waals surface area contributed by atoms with Crippen LogP contribution in [0.5, 0.6) is 0 Å². The smallest absolute Gasteiger partial charge is 0.237 e. The van der Waals surface area contributed by atoms with Gasteiger partial charge >= 0.3 is 0 Å². The Morgan fingerprint density at radius 2 is 2.35 bits per heavy atom. The molecule has 1 aliphatic carbocycles. The van der Waals surface area contributed by atoms with Gasteiger partial charge in [0.1, 0.15) is 6.33 Å². The second-order valence-electron chi connectivity index (χ2n) is 5.47. The molecule has 1 heterocycles. The number of primary amides is 1. The molecule has 0 saturated heterocycles. The fraction of sp³-hybridized carbons (Fsp3) is 0.643. The van der Waals surface area contributed by atoms with Crippen LogP contribution in [0, 0.1) is 0 Å². The number of hydrogen-bond donors (Lipinski definition) is 2. The Kier molecular flexibility index (Phi) is 5.37. The molecule has 1 unspecified atom stereocenters. The van der Waals surface area contributed by atoms with Crippen molar-refractivity contribution in [1.29, 1.82) is 0 Å². The number of aromatic nitrogens is 2. The Labute approximate surface area is 124 Å². The summed E-state index contributed by atoms with van der Waals surface area (Å²) in [4.78, 5) is 19.7. The van der Waals surface area contributed by atoms with E-state index in [1.54, 1.807) is 24.3 Å². The molecule has 2 rings (SSSR count). The molecule has 20 heavy (non-hydrogen) atoms. The Bertz CT molecular complexity index is 438. The van der Waals surface area contributed by atoms with Crippen molar-refractivity contribution in [3.05, 3.63) is 18.6 Å². The zero-order chi connectivity index (χ0) is 14.4. The van der Waals surface area contributed by atoms with Crippen molar-refractivity contribution < 1.29 is 4.79 Å². The average molecular weight is 294 g/mol. The third-order valence-corrected chi connectivity index (χ3v) is 4.55. The maximum Gasteiger partial charge on any atom is 0.237 e. The van der Waals surface area contributed by atoms with E-state index in [0.29, 0.717) is 6.04 Å². The van der Waals surface area contributed by atoms with Crippen molar-refractivity contribution in [2.24, 2.45) is 5.73 Å². The molecule has 0 aliphatic heterocycles. The van der Waals surface area contributed by atoms with Crippen LogP contribution in [0.4, 0.5) is 0 Å². The summed E-state index contributed by atoms with van der Waals surface area (Å²) in [5.74, 6) is 0.753. The van der Waals surface area contributed by atoms with Crippen molar-refractivity contribution in [2.45, 2.75) is 55.6 Å². The van der Waals surface area contributed by atoms with Gasteiger partial charge in [-0.25, -0.2) is 9.97 Å². The molecule has 6 heteroatoms. The molecule has 1 aromatic heterocycles. The highest BCUT2D eigenvalue weighted by molar-refractivity contribution is 7.99. The fourth-order valence-electron chi connectivity index (χ4n) is 2.07. The van der Waals surface area contributed by atoms with Crippen LogP contribution < -0.4 is 11.1 Å². The number of nitrogens with two attached hydrogens (primary N) is 1. The molecule has 3 N–H and O–H groups in total. The number of nitrogens with one attached hydrogen (secondary N) is 1. The third-order valence-electron chi connectivity index (χ3n) is 3.52. The maximum atomic E-state index is 11.6. The summed E-state index contributed by atoms with van der Waals surface area (Å²) < 4.78 is 0. The van der Waals surface area contributed by atoms with E-state index in [1.165, 1.54) is 0 Å². The number of hydrogen-bond acceptors (Lipinski definition) is 5. The third kappa shape index (κ3) is 4.76. The number of nitrogens with zero attached hydrogens (tertiary/aromatic N) is 2. The molecule has 0 bridgehead atoms. The van der Waals surface area contributed by atoms with E-state index in [0.717, 1.165) is 42.9 Å². The summed E-state index contributed by atoms with van der Waals surface area (Å²) in [6, 6.07) is 2.40. The number of carbonyl (C=O) groups is 1. The summed E-state index contributed by atoms with van der Waals surface area (Å²) in [6.45, 7) is 1.92. The number of carbonyl (C=O) groups excluding carboxylic acids is 1. The summed E-state index contributed by atoms with van der Waals surface area (Å²) >= 11 is 1.72. The van der Waals surface area contributed by atoms with Crippen molar-refractivity contribution in [3.63, 3.8) is 0 Å². The normalized spacial score (nSPS) is 17.6. The maximum absolute atomic E-state index is 11.6. The molecular formula is C14H22N4OS. The van der Waals surface area contributed by atoms with Crippen LogP contribution in [-0.2, 0) is 4.79 Å². The van der Waals surface area contributed by atoms with Crippen molar-refractivity contribution >= 4 is 17.7 Å². The van der Waals surface area contributed by atoms with Gasteiger partial charge in [-0.1, -0.05) is 6.42 Å². The predicted octanol–water partition coefficient (Wildman–Crippen LogP) is 1.73. The first-order valence-corrected chi connectivity index (χ1v) is 8.05. The monoisotopic (exact) mass is 294 g/mol. The zero-order valence-corrected chi connectivity index (χ0v) is 12.7. The van der Waals surface area contributed by atoms with E-state index in [9.17, 15) is 4.79 Å². The van der Waals surface area contributed by atoms with Gasteiger partial charge in [-0.3, -0.25) is 4.79 Å². The van der Waals surface area contributed by atoms with Crippen molar-refractivity contribution in [2.75, 3.05) is 5.75 Å². The molecule has 0 radical (unpaired) electrons. The lowest BCUT2D eigenvalue weighted by molar-refractivity contribution is -0.124. The molecule has 1 fully saturated rings. The molecule has 1 saturated carbocycles. The van der Waals surface area contributed by atoms with Crippen LogP contribution in [-0.4, -0.2) is 33.2 Å². The molecule has 5 nitrogen and oxygen atoms in total. The number of amides is 1. The van der Waals surface area contributed by atoms with Crippen LogP contribution >= 0.6 is 11.8 Å². The quantitative estimate of drug-likeness (QED) is 0.412. The Morgan fingerprint density at radius 1 is 1.55 bits per heavy atom. The van der Waals surface area contributed by atoms with Gasteiger partial charge in [0.2, 0.25) is 5.91 Å². The van der Waals surface area contributed by atoms with Gasteiger partial charge in [-0.15, -0.1) is 11.8 Å². The SMILES string of the molecule is CC(CCCCSc1ccncn1)(NC1CC1)C(N)=O. The Balaban J connectivity index is 1.67. The minimum absolute atomic E-state index is 0.243. The highest BCUT2D eigenvalue weighted by atomic mass is 32.2. The summed E-state index contributed by atoms with van der Waals surface area (Å²) in [5.41, 5.74) is 4.97. The van der Waals surface area contributed by atoms with E-state index in [4.69, 9.17) is 5.73 Å². The predicted molar refractivity (Wildman–Crippen MR) is 80.4 cm³/mol. The van der Waals surface area contributed by atoms with Gasteiger partial charge < -0.3 is 11.1 Å². The number of thioether (sulfide) groups is 1. The molecule has 1 amide bonds. The van der Waals surface area contributed by atoms with E-state index >= 15 is 0 Å². The van der Waals surface area contributed by atoms with Crippen LogP contribution in [0.25, 0.3) is 0 Å². The fourth-order valence-corrected chi connectivity index (χ4v) is 2.90. The standard InChI is InChI=1S/C14H22N4OS/c1-14(13(15)19,18-11-4-5-11)7-2-3-9-20-12-6-8-16-10-17-12/h6,8,10-11,18H,2-5,7,9H2,1H3,(H2,15,19). The molecule has 0 spiro atoms. The van der Waals surface area contributed by atoms with Gasteiger partial charge in [0.15, 0.2) is 0 Å². The van der Waals surface area contributed by atoms with Crippen LogP contribution in [0.3, 0.4) is 0 Å². The minimum Gasteiger partial charge on any atom is -0.368 e. The van der Waals surface area contributed by atoms with Gasteiger partial charge in [0.25, 0.3) is 0 Å². The summed E-state index contributed by atoms with van der Waals surface area (Å²) in [5, 5.41) is 4.37. The first-order chi connectivity index (χ1) is 9.60. The topological polar surface area (TPSA) is 80.9 Å². The van der Waals surface area contributed by atoms with E-state index in [2.05, 4.69) is 15.3 Å². The van der Waals surface area contributed by atoms with Gasteiger partial charge in [-0.05, 0) is 44.4 Å². The second kappa shape index (κ2) is 7.04. The molecule has 1 aliphatic rings. The first-order valence-electron chi connectivity index (χ1n) is 7.06. The van der Waals surface area contributed by atoms with Gasteiger partial charge in [-0.2, -0.15) is 0 Å². The number of rotatable bonds is 9. The largest absolute Gasteiger partial charge is 0.368 e.